The van der Waals surface area contributed by atoms with E-state index >= 15 is 0 Å². The lowest BCUT2D eigenvalue weighted by Gasteiger charge is -2.07. The molecule has 0 bridgehead atoms. The number of aryl methyl sites for hydroxylation is 1. The fourth-order valence-corrected chi connectivity index (χ4v) is 3.44. The Morgan fingerprint density at radius 1 is 1.06 bits per heavy atom. The molecule has 0 aliphatic rings. The van der Waals surface area contributed by atoms with E-state index in [0.29, 0.717) is 27.2 Å². The van der Waals surface area contributed by atoms with Crippen molar-refractivity contribution in [1.29, 1.82) is 0 Å². The highest BCUT2D eigenvalue weighted by atomic mass is 35.5. The van der Waals surface area contributed by atoms with Crippen LogP contribution in [0, 0.1) is 6.92 Å². The minimum atomic E-state index is -0.303. The molecule has 31 heavy (non-hydrogen) atoms. The summed E-state index contributed by atoms with van der Waals surface area (Å²) in [5.74, 6) is 0.0279. The lowest BCUT2D eigenvalue weighted by atomic mass is 10.1. The average Bonchev–Trinajstić information content (AvgIpc) is 2.74. The van der Waals surface area contributed by atoms with Crippen LogP contribution in [-0.2, 0) is 0 Å². The zero-order valence-electron chi connectivity index (χ0n) is 16.4. The number of hydrogen-bond donors (Lipinski definition) is 2. The maximum absolute atomic E-state index is 12.5. The summed E-state index contributed by atoms with van der Waals surface area (Å²) in [5.41, 5.74) is 3.16. The van der Waals surface area contributed by atoms with E-state index in [1.54, 1.807) is 54.6 Å². The number of carbonyl (C=O) groups excluding carboxylic acids is 1. The average molecular weight is 450 g/mol. The summed E-state index contributed by atoms with van der Waals surface area (Å²) >= 11 is 12.4. The largest absolute Gasteiger partial charge is 0.322 e. The number of aromatic nitrogens is 2. The van der Waals surface area contributed by atoms with Gasteiger partial charge in [-0.05, 0) is 61.0 Å². The summed E-state index contributed by atoms with van der Waals surface area (Å²) in [6.45, 7) is 1.97. The third-order valence-electron chi connectivity index (χ3n) is 4.65. The van der Waals surface area contributed by atoms with Crippen LogP contribution in [0.3, 0.4) is 0 Å². The van der Waals surface area contributed by atoms with Crippen LogP contribution in [-0.4, -0.2) is 15.9 Å². The first-order valence-corrected chi connectivity index (χ1v) is 10.2. The van der Waals surface area contributed by atoms with E-state index in [4.69, 9.17) is 23.2 Å². The van der Waals surface area contributed by atoms with Crippen LogP contribution in [0.1, 0.15) is 27.3 Å². The maximum Gasteiger partial charge on any atom is 0.259 e. The summed E-state index contributed by atoms with van der Waals surface area (Å²) < 4.78 is 0. The quantitative estimate of drug-likeness (QED) is 0.408. The summed E-state index contributed by atoms with van der Waals surface area (Å²) in [6.07, 6.45) is 1.66. The highest BCUT2D eigenvalue weighted by Gasteiger charge is 2.09. The van der Waals surface area contributed by atoms with Gasteiger partial charge in [-0.15, -0.1) is 0 Å². The number of nitrogens with zero attached hydrogens (tertiary/aromatic N) is 1. The number of rotatable bonds is 4. The van der Waals surface area contributed by atoms with Gasteiger partial charge < -0.3 is 10.3 Å². The van der Waals surface area contributed by atoms with E-state index < -0.39 is 0 Å². The number of anilines is 1. The molecular formula is C24H17Cl2N3O2. The predicted molar refractivity (Wildman–Crippen MR) is 127 cm³/mol. The van der Waals surface area contributed by atoms with Gasteiger partial charge in [0.1, 0.15) is 0 Å². The van der Waals surface area contributed by atoms with E-state index in [2.05, 4.69) is 15.3 Å². The molecule has 0 aliphatic carbocycles. The Morgan fingerprint density at radius 2 is 1.84 bits per heavy atom. The van der Waals surface area contributed by atoms with Crippen LogP contribution < -0.4 is 10.9 Å². The van der Waals surface area contributed by atoms with Crippen LogP contribution in [0.25, 0.3) is 22.0 Å². The Balaban J connectivity index is 1.60. The number of aromatic amines is 1. The van der Waals surface area contributed by atoms with Crippen LogP contribution in [0.5, 0.6) is 0 Å². The van der Waals surface area contributed by atoms with Gasteiger partial charge in [-0.2, -0.15) is 0 Å². The number of carbonyl (C=O) groups is 1. The topological polar surface area (TPSA) is 74.8 Å². The molecule has 0 saturated heterocycles. The fourth-order valence-electron chi connectivity index (χ4n) is 3.05. The standard InChI is InChI=1S/C24H17Cl2N3O2/c1-14-5-7-16(8-6-14)23(30)27-18-4-2-3-15(11-18)12-20(26)22-28-21-13-17(25)9-10-19(21)24(31)29-22/h2-13H,1H3,(H,27,30)(H,28,29,31)/b20-12-. The van der Waals surface area contributed by atoms with Crippen LogP contribution in [0.2, 0.25) is 5.02 Å². The summed E-state index contributed by atoms with van der Waals surface area (Å²) in [6, 6.07) is 19.4. The van der Waals surface area contributed by atoms with Crippen molar-refractivity contribution in [3.8, 4) is 0 Å². The van der Waals surface area contributed by atoms with Gasteiger partial charge in [0.25, 0.3) is 11.5 Å². The number of H-pyrrole nitrogens is 1. The smallest absolute Gasteiger partial charge is 0.259 e. The van der Waals surface area contributed by atoms with E-state index in [1.807, 2.05) is 25.1 Å². The predicted octanol–water partition coefficient (Wildman–Crippen LogP) is 5.87. The Hall–Kier alpha value is -3.41. The highest BCUT2D eigenvalue weighted by molar-refractivity contribution is 6.50. The fraction of sp³-hybridized carbons (Fsp3) is 0.0417. The molecule has 0 aliphatic heterocycles. The zero-order chi connectivity index (χ0) is 22.0. The van der Waals surface area contributed by atoms with Crippen LogP contribution >= 0.6 is 23.2 Å². The number of benzene rings is 3. The number of hydrogen-bond acceptors (Lipinski definition) is 3. The second kappa shape index (κ2) is 8.76. The second-order valence-electron chi connectivity index (χ2n) is 7.01. The number of nitrogens with one attached hydrogen (secondary N) is 2. The third kappa shape index (κ3) is 4.85. The van der Waals surface area contributed by atoms with Gasteiger partial charge in [0, 0.05) is 16.3 Å². The molecular weight excluding hydrogens is 433 g/mol. The first kappa shape index (κ1) is 20.8. The van der Waals surface area contributed by atoms with Crippen molar-refractivity contribution in [2.24, 2.45) is 0 Å². The Morgan fingerprint density at radius 3 is 2.61 bits per heavy atom. The van der Waals surface area contributed by atoms with Crippen LogP contribution in [0.4, 0.5) is 5.69 Å². The minimum Gasteiger partial charge on any atom is -0.322 e. The molecule has 0 atom stereocenters. The van der Waals surface area contributed by atoms with Crippen molar-refractivity contribution in [3.63, 3.8) is 0 Å². The van der Waals surface area contributed by atoms with Gasteiger partial charge in [0.2, 0.25) is 0 Å². The molecule has 4 rings (SSSR count). The Kier molecular flexibility index (Phi) is 5.89. The normalized spacial score (nSPS) is 11.5. The maximum atomic E-state index is 12.5. The molecule has 1 aromatic heterocycles. The molecule has 0 radical (unpaired) electrons. The Bertz CT molecular complexity index is 1380. The SMILES string of the molecule is Cc1ccc(C(=O)Nc2cccc(/C=C(\Cl)c3nc4cc(Cl)ccc4c(=O)[nH]3)c2)cc1. The number of fused-ring (bicyclic) bond motifs is 1. The number of amides is 1. The first-order valence-electron chi connectivity index (χ1n) is 9.44. The lowest BCUT2D eigenvalue weighted by Crippen LogP contribution is -2.11. The molecule has 1 amide bonds. The third-order valence-corrected chi connectivity index (χ3v) is 5.17. The molecule has 0 spiro atoms. The van der Waals surface area contributed by atoms with Gasteiger partial charge in [-0.25, -0.2) is 4.98 Å². The molecule has 0 fully saturated rings. The van der Waals surface area contributed by atoms with Crippen molar-refractivity contribution in [3.05, 3.63) is 105 Å². The minimum absolute atomic E-state index is 0.204. The second-order valence-corrected chi connectivity index (χ2v) is 7.86. The van der Waals surface area contributed by atoms with Crippen LogP contribution in [0.15, 0.2) is 71.5 Å². The molecule has 0 unspecified atom stereocenters. The van der Waals surface area contributed by atoms with Crippen molar-refractivity contribution >= 4 is 56.8 Å². The van der Waals surface area contributed by atoms with Crippen molar-refractivity contribution in [1.82, 2.24) is 9.97 Å². The lowest BCUT2D eigenvalue weighted by molar-refractivity contribution is 0.102. The van der Waals surface area contributed by atoms with Crippen molar-refractivity contribution in [2.45, 2.75) is 6.92 Å². The first-order chi connectivity index (χ1) is 14.9. The van der Waals surface area contributed by atoms with E-state index in [-0.39, 0.29) is 22.3 Å². The van der Waals surface area contributed by atoms with Crippen molar-refractivity contribution < 1.29 is 4.79 Å². The summed E-state index contributed by atoms with van der Waals surface area (Å²) in [5, 5.41) is 4.03. The van der Waals surface area contributed by atoms with E-state index in [0.717, 1.165) is 11.1 Å². The molecule has 0 saturated carbocycles. The molecule has 3 aromatic carbocycles. The number of halogens is 2. The van der Waals surface area contributed by atoms with E-state index in [9.17, 15) is 9.59 Å². The molecule has 7 heteroatoms. The molecule has 1 heterocycles. The van der Waals surface area contributed by atoms with Gasteiger partial charge in [-0.1, -0.05) is 53.0 Å². The van der Waals surface area contributed by atoms with Gasteiger partial charge in [0.15, 0.2) is 5.82 Å². The van der Waals surface area contributed by atoms with Gasteiger partial charge in [-0.3, -0.25) is 9.59 Å². The summed E-state index contributed by atoms with van der Waals surface area (Å²) in [4.78, 5) is 31.9. The molecule has 2 N–H and O–H groups in total. The monoisotopic (exact) mass is 449 g/mol. The zero-order valence-corrected chi connectivity index (χ0v) is 18.0. The summed E-state index contributed by atoms with van der Waals surface area (Å²) in [7, 11) is 0. The molecule has 5 nitrogen and oxygen atoms in total. The highest BCUT2D eigenvalue weighted by Crippen LogP contribution is 2.23. The van der Waals surface area contributed by atoms with E-state index in [1.165, 1.54) is 0 Å². The van der Waals surface area contributed by atoms with Crippen molar-refractivity contribution in [2.75, 3.05) is 5.32 Å². The Labute approximate surface area is 188 Å². The van der Waals surface area contributed by atoms with Gasteiger partial charge >= 0.3 is 0 Å². The van der Waals surface area contributed by atoms with Gasteiger partial charge in [0.05, 0.1) is 15.9 Å². The molecule has 4 aromatic rings. The molecule has 154 valence electrons.